The van der Waals surface area contributed by atoms with Crippen LogP contribution in [0.4, 0.5) is 0 Å². The SMILES string of the molecule is CCCCOc1ccc(CNC(=O)C2CC2)cc1. The van der Waals surface area contributed by atoms with Gasteiger partial charge in [-0.25, -0.2) is 0 Å². The van der Waals surface area contributed by atoms with E-state index in [1.807, 2.05) is 24.3 Å². The van der Waals surface area contributed by atoms with Gasteiger partial charge in [0.2, 0.25) is 5.91 Å². The molecule has 0 spiro atoms. The maximum absolute atomic E-state index is 11.5. The zero-order valence-electron chi connectivity index (χ0n) is 10.9. The minimum Gasteiger partial charge on any atom is -0.494 e. The zero-order chi connectivity index (χ0) is 12.8. The van der Waals surface area contributed by atoms with Crippen molar-refractivity contribution in [3.63, 3.8) is 0 Å². The van der Waals surface area contributed by atoms with Crippen LogP contribution in [0, 0.1) is 5.92 Å². The summed E-state index contributed by atoms with van der Waals surface area (Å²) in [5, 5.41) is 2.95. The molecule has 0 saturated heterocycles. The first-order valence-electron chi connectivity index (χ1n) is 6.79. The molecule has 0 bridgehead atoms. The molecular weight excluding hydrogens is 226 g/mol. The van der Waals surface area contributed by atoms with E-state index in [4.69, 9.17) is 4.74 Å². The Kier molecular flexibility index (Phi) is 4.62. The number of nitrogens with one attached hydrogen (secondary N) is 1. The summed E-state index contributed by atoms with van der Waals surface area (Å²) in [5.74, 6) is 1.38. The lowest BCUT2D eigenvalue weighted by Gasteiger charge is -2.07. The third-order valence-corrected chi connectivity index (χ3v) is 3.10. The molecule has 1 aliphatic carbocycles. The van der Waals surface area contributed by atoms with Crippen molar-refractivity contribution in [2.45, 2.75) is 39.2 Å². The predicted octanol–water partition coefficient (Wildman–Crippen LogP) is 2.89. The van der Waals surface area contributed by atoms with Crippen molar-refractivity contribution in [2.75, 3.05) is 6.61 Å². The van der Waals surface area contributed by atoms with E-state index < -0.39 is 0 Å². The summed E-state index contributed by atoms with van der Waals surface area (Å²) in [4.78, 5) is 11.5. The Balaban J connectivity index is 1.74. The molecule has 18 heavy (non-hydrogen) atoms. The van der Waals surface area contributed by atoms with Crippen molar-refractivity contribution in [3.8, 4) is 5.75 Å². The van der Waals surface area contributed by atoms with E-state index in [-0.39, 0.29) is 11.8 Å². The molecule has 1 saturated carbocycles. The Morgan fingerprint density at radius 3 is 2.67 bits per heavy atom. The second kappa shape index (κ2) is 6.43. The van der Waals surface area contributed by atoms with E-state index in [1.165, 1.54) is 0 Å². The number of carbonyl (C=O) groups is 1. The molecule has 0 unspecified atom stereocenters. The molecule has 2 rings (SSSR count). The van der Waals surface area contributed by atoms with E-state index in [0.29, 0.717) is 6.54 Å². The molecule has 98 valence electrons. The topological polar surface area (TPSA) is 38.3 Å². The smallest absolute Gasteiger partial charge is 0.223 e. The van der Waals surface area contributed by atoms with Crippen LogP contribution in [-0.2, 0) is 11.3 Å². The summed E-state index contributed by atoms with van der Waals surface area (Å²) in [5.41, 5.74) is 1.12. The molecule has 0 heterocycles. The molecule has 3 nitrogen and oxygen atoms in total. The fourth-order valence-electron chi connectivity index (χ4n) is 1.72. The Labute approximate surface area is 109 Å². The molecule has 1 amide bonds. The van der Waals surface area contributed by atoms with Gasteiger partial charge in [0.05, 0.1) is 6.61 Å². The number of hydrogen-bond acceptors (Lipinski definition) is 2. The molecule has 0 radical (unpaired) electrons. The van der Waals surface area contributed by atoms with E-state index in [9.17, 15) is 4.79 Å². The van der Waals surface area contributed by atoms with Gasteiger partial charge in [-0.05, 0) is 37.0 Å². The van der Waals surface area contributed by atoms with Gasteiger partial charge in [-0.3, -0.25) is 4.79 Å². The molecular formula is C15H21NO2. The Hall–Kier alpha value is -1.51. The van der Waals surface area contributed by atoms with Crippen molar-refractivity contribution < 1.29 is 9.53 Å². The molecule has 1 N–H and O–H groups in total. The van der Waals surface area contributed by atoms with Gasteiger partial charge < -0.3 is 10.1 Å². The third kappa shape index (κ3) is 4.06. The van der Waals surface area contributed by atoms with E-state index in [2.05, 4.69) is 12.2 Å². The number of unbranched alkanes of at least 4 members (excludes halogenated alkanes) is 1. The molecule has 0 aromatic heterocycles. The van der Waals surface area contributed by atoms with E-state index >= 15 is 0 Å². The Morgan fingerprint density at radius 1 is 1.33 bits per heavy atom. The van der Waals surface area contributed by atoms with Crippen LogP contribution in [0.15, 0.2) is 24.3 Å². The summed E-state index contributed by atoms with van der Waals surface area (Å²) in [6, 6.07) is 7.95. The summed E-state index contributed by atoms with van der Waals surface area (Å²) in [6.45, 7) is 3.54. The second-order valence-electron chi connectivity index (χ2n) is 4.84. The number of rotatable bonds is 7. The van der Waals surface area contributed by atoms with E-state index in [0.717, 1.165) is 43.6 Å². The largest absolute Gasteiger partial charge is 0.494 e. The predicted molar refractivity (Wildman–Crippen MR) is 71.4 cm³/mol. The molecule has 0 aliphatic heterocycles. The zero-order valence-corrected chi connectivity index (χ0v) is 10.9. The number of ether oxygens (including phenoxy) is 1. The molecule has 1 aromatic rings. The fourth-order valence-corrected chi connectivity index (χ4v) is 1.72. The Morgan fingerprint density at radius 2 is 2.06 bits per heavy atom. The third-order valence-electron chi connectivity index (χ3n) is 3.10. The van der Waals surface area contributed by atoms with Gasteiger partial charge in [0.15, 0.2) is 0 Å². The molecule has 1 fully saturated rings. The minimum absolute atomic E-state index is 0.193. The van der Waals surface area contributed by atoms with Crippen molar-refractivity contribution in [3.05, 3.63) is 29.8 Å². The quantitative estimate of drug-likeness (QED) is 0.752. The maximum Gasteiger partial charge on any atom is 0.223 e. The summed E-state index contributed by atoms with van der Waals surface area (Å²) in [7, 11) is 0. The average Bonchev–Trinajstić information content (AvgIpc) is 3.22. The number of hydrogen-bond donors (Lipinski definition) is 1. The number of carbonyl (C=O) groups excluding carboxylic acids is 1. The fraction of sp³-hybridized carbons (Fsp3) is 0.533. The van der Waals surface area contributed by atoms with Gasteiger partial charge in [-0.2, -0.15) is 0 Å². The summed E-state index contributed by atoms with van der Waals surface area (Å²) < 4.78 is 5.59. The average molecular weight is 247 g/mol. The Bertz CT molecular complexity index is 382. The van der Waals surface area contributed by atoms with Crippen LogP contribution in [0.5, 0.6) is 5.75 Å². The first-order valence-corrected chi connectivity index (χ1v) is 6.79. The van der Waals surface area contributed by atoms with Gasteiger partial charge in [0.25, 0.3) is 0 Å². The monoisotopic (exact) mass is 247 g/mol. The van der Waals surface area contributed by atoms with Crippen molar-refractivity contribution in [1.29, 1.82) is 0 Å². The van der Waals surface area contributed by atoms with Crippen LogP contribution in [0.1, 0.15) is 38.2 Å². The van der Waals surface area contributed by atoms with Crippen LogP contribution in [0.2, 0.25) is 0 Å². The van der Waals surface area contributed by atoms with Crippen molar-refractivity contribution in [2.24, 2.45) is 5.92 Å². The van der Waals surface area contributed by atoms with Gasteiger partial charge in [0.1, 0.15) is 5.75 Å². The number of benzene rings is 1. The lowest BCUT2D eigenvalue weighted by Crippen LogP contribution is -2.24. The van der Waals surface area contributed by atoms with E-state index in [1.54, 1.807) is 0 Å². The highest BCUT2D eigenvalue weighted by Gasteiger charge is 2.29. The van der Waals surface area contributed by atoms with Gasteiger partial charge >= 0.3 is 0 Å². The second-order valence-corrected chi connectivity index (χ2v) is 4.84. The van der Waals surface area contributed by atoms with Crippen molar-refractivity contribution >= 4 is 5.91 Å². The maximum atomic E-state index is 11.5. The standard InChI is InChI=1S/C15H21NO2/c1-2-3-10-18-14-8-4-12(5-9-14)11-16-15(17)13-6-7-13/h4-5,8-9,13H,2-3,6-7,10-11H2,1H3,(H,16,17). The molecule has 1 aliphatic rings. The van der Waals surface area contributed by atoms with Crippen LogP contribution in [-0.4, -0.2) is 12.5 Å². The van der Waals surface area contributed by atoms with Crippen LogP contribution < -0.4 is 10.1 Å². The summed E-state index contributed by atoms with van der Waals surface area (Å²) >= 11 is 0. The highest BCUT2D eigenvalue weighted by atomic mass is 16.5. The number of amides is 1. The molecule has 3 heteroatoms. The van der Waals surface area contributed by atoms with Gasteiger partial charge in [-0.15, -0.1) is 0 Å². The molecule has 0 atom stereocenters. The molecule has 1 aromatic carbocycles. The normalized spacial score (nSPS) is 14.3. The highest BCUT2D eigenvalue weighted by molar-refractivity contribution is 5.80. The van der Waals surface area contributed by atoms with Crippen molar-refractivity contribution in [1.82, 2.24) is 5.32 Å². The summed E-state index contributed by atoms with van der Waals surface area (Å²) in [6.07, 6.45) is 4.33. The minimum atomic E-state index is 0.193. The van der Waals surface area contributed by atoms with Gasteiger partial charge in [0, 0.05) is 12.5 Å². The first-order chi connectivity index (χ1) is 8.79. The van der Waals surface area contributed by atoms with Crippen LogP contribution >= 0.6 is 0 Å². The lowest BCUT2D eigenvalue weighted by atomic mass is 10.2. The lowest BCUT2D eigenvalue weighted by molar-refractivity contribution is -0.122. The van der Waals surface area contributed by atoms with Crippen LogP contribution in [0.25, 0.3) is 0 Å². The van der Waals surface area contributed by atoms with Crippen LogP contribution in [0.3, 0.4) is 0 Å². The highest BCUT2D eigenvalue weighted by Crippen LogP contribution is 2.28. The van der Waals surface area contributed by atoms with Gasteiger partial charge in [-0.1, -0.05) is 25.5 Å². The first kappa shape index (κ1) is 12.9.